The van der Waals surface area contributed by atoms with Crippen LogP contribution in [-0.4, -0.2) is 0 Å². The van der Waals surface area contributed by atoms with Crippen molar-refractivity contribution in [3.05, 3.63) is 34.4 Å². The van der Waals surface area contributed by atoms with E-state index in [1.807, 2.05) is 0 Å². The van der Waals surface area contributed by atoms with E-state index in [9.17, 15) is 13.2 Å². The molecule has 0 radical (unpaired) electrons. The number of halogens is 4. The van der Waals surface area contributed by atoms with Gasteiger partial charge in [0, 0.05) is 5.88 Å². The molecule has 0 aliphatic heterocycles. The topological polar surface area (TPSA) is 0 Å². The summed E-state index contributed by atoms with van der Waals surface area (Å²) in [6, 6.07) is 2.55. The fourth-order valence-corrected chi connectivity index (χ4v) is 1.82. The van der Waals surface area contributed by atoms with Crippen LogP contribution in [0, 0.1) is 13.8 Å². The average Bonchev–Trinajstić information content (AvgIpc) is 2.02. The van der Waals surface area contributed by atoms with Crippen molar-refractivity contribution in [1.82, 2.24) is 0 Å². The third-order valence-corrected chi connectivity index (χ3v) is 2.54. The van der Waals surface area contributed by atoms with Crippen LogP contribution in [0.25, 0.3) is 0 Å². The number of hydrogen-bond acceptors (Lipinski definition) is 0. The molecule has 0 aromatic heterocycles. The second kappa shape index (κ2) is 3.81. The summed E-state index contributed by atoms with van der Waals surface area (Å²) in [6.07, 6.45) is -4.29. The van der Waals surface area contributed by atoms with Crippen molar-refractivity contribution in [2.45, 2.75) is 25.9 Å². The van der Waals surface area contributed by atoms with E-state index in [-0.39, 0.29) is 11.4 Å². The minimum atomic E-state index is -4.29. The normalized spacial score (nSPS) is 11.9. The zero-order chi connectivity index (χ0) is 10.9. The molecule has 0 fully saturated rings. The molecule has 1 aromatic rings. The Kier molecular flexibility index (Phi) is 3.10. The van der Waals surface area contributed by atoms with E-state index in [1.54, 1.807) is 6.92 Å². The lowest BCUT2D eigenvalue weighted by Gasteiger charge is -2.14. The maximum atomic E-state index is 12.5. The molecule has 0 bridgehead atoms. The van der Waals surface area contributed by atoms with Crippen LogP contribution in [0.3, 0.4) is 0 Å². The number of hydrogen-bond donors (Lipinski definition) is 0. The Hall–Kier alpha value is -0.700. The SMILES string of the molecule is Cc1ccc(C(F)(F)F)c(C)c1CCl. The van der Waals surface area contributed by atoms with Crippen LogP contribution < -0.4 is 0 Å². The van der Waals surface area contributed by atoms with Gasteiger partial charge in [0.05, 0.1) is 5.56 Å². The van der Waals surface area contributed by atoms with Crippen molar-refractivity contribution in [1.29, 1.82) is 0 Å². The molecule has 78 valence electrons. The zero-order valence-corrected chi connectivity index (χ0v) is 8.63. The predicted molar refractivity (Wildman–Crippen MR) is 50.5 cm³/mol. The molecule has 0 aliphatic carbocycles. The van der Waals surface area contributed by atoms with Crippen LogP contribution in [0.5, 0.6) is 0 Å². The van der Waals surface area contributed by atoms with E-state index in [1.165, 1.54) is 13.0 Å². The molecule has 0 aliphatic rings. The van der Waals surface area contributed by atoms with Crippen LogP contribution in [-0.2, 0) is 12.1 Å². The first kappa shape index (κ1) is 11.4. The lowest BCUT2D eigenvalue weighted by atomic mass is 9.98. The monoisotopic (exact) mass is 222 g/mol. The maximum Gasteiger partial charge on any atom is 0.416 e. The molecule has 0 atom stereocenters. The molecule has 1 aromatic carbocycles. The summed E-state index contributed by atoms with van der Waals surface area (Å²) in [7, 11) is 0. The minimum absolute atomic E-state index is 0.113. The van der Waals surface area contributed by atoms with Gasteiger partial charge in [-0.2, -0.15) is 13.2 Å². The summed E-state index contributed by atoms with van der Waals surface area (Å²) < 4.78 is 37.4. The van der Waals surface area contributed by atoms with E-state index in [2.05, 4.69) is 0 Å². The molecule has 0 saturated carbocycles. The smallest absolute Gasteiger partial charge is 0.166 e. The largest absolute Gasteiger partial charge is 0.416 e. The van der Waals surface area contributed by atoms with Crippen LogP contribution in [0.1, 0.15) is 22.3 Å². The molecule has 0 amide bonds. The van der Waals surface area contributed by atoms with E-state index in [0.29, 0.717) is 5.56 Å². The van der Waals surface area contributed by atoms with Crippen molar-refractivity contribution >= 4 is 11.6 Å². The molecule has 1 rings (SSSR count). The molecule has 0 spiro atoms. The van der Waals surface area contributed by atoms with Crippen molar-refractivity contribution in [3.8, 4) is 0 Å². The number of benzene rings is 1. The highest BCUT2D eigenvalue weighted by molar-refractivity contribution is 6.17. The van der Waals surface area contributed by atoms with Gasteiger partial charge in [-0.25, -0.2) is 0 Å². The average molecular weight is 223 g/mol. The van der Waals surface area contributed by atoms with Crippen molar-refractivity contribution in [2.24, 2.45) is 0 Å². The molecular weight excluding hydrogens is 213 g/mol. The van der Waals surface area contributed by atoms with Gasteiger partial charge in [0.25, 0.3) is 0 Å². The first-order chi connectivity index (χ1) is 6.38. The predicted octanol–water partition coefficient (Wildman–Crippen LogP) is 4.06. The quantitative estimate of drug-likeness (QED) is 0.629. The highest BCUT2D eigenvalue weighted by atomic mass is 35.5. The Bertz CT molecular complexity index is 342. The summed E-state index contributed by atoms with van der Waals surface area (Å²) in [6.45, 7) is 3.21. The Morgan fingerprint density at radius 1 is 1.21 bits per heavy atom. The van der Waals surface area contributed by atoms with Crippen molar-refractivity contribution in [2.75, 3.05) is 0 Å². The van der Waals surface area contributed by atoms with Gasteiger partial charge in [-0.05, 0) is 36.6 Å². The molecular formula is C10H10ClF3. The highest BCUT2D eigenvalue weighted by Crippen LogP contribution is 2.34. The number of alkyl halides is 4. The lowest BCUT2D eigenvalue weighted by Crippen LogP contribution is -2.09. The Labute approximate surface area is 85.7 Å². The summed E-state index contributed by atoms with van der Waals surface area (Å²) in [5.74, 6) is 0.113. The Balaban J connectivity index is 3.36. The Morgan fingerprint density at radius 2 is 1.79 bits per heavy atom. The summed E-state index contributed by atoms with van der Waals surface area (Å²) in [5, 5.41) is 0. The second-order valence-electron chi connectivity index (χ2n) is 3.16. The lowest BCUT2D eigenvalue weighted by molar-refractivity contribution is -0.138. The van der Waals surface area contributed by atoms with Gasteiger partial charge in [0.15, 0.2) is 0 Å². The molecule has 0 heterocycles. The third kappa shape index (κ3) is 2.03. The highest BCUT2D eigenvalue weighted by Gasteiger charge is 2.33. The fourth-order valence-electron chi connectivity index (χ4n) is 1.40. The summed E-state index contributed by atoms with van der Waals surface area (Å²) in [5.41, 5.74) is 0.998. The minimum Gasteiger partial charge on any atom is -0.166 e. The standard InChI is InChI=1S/C10H10ClF3/c1-6-3-4-9(10(12,13)14)7(2)8(6)5-11/h3-4H,5H2,1-2H3. The summed E-state index contributed by atoms with van der Waals surface area (Å²) in [4.78, 5) is 0. The van der Waals surface area contributed by atoms with Gasteiger partial charge in [0.2, 0.25) is 0 Å². The van der Waals surface area contributed by atoms with Crippen molar-refractivity contribution < 1.29 is 13.2 Å². The van der Waals surface area contributed by atoms with Gasteiger partial charge < -0.3 is 0 Å². The molecule has 0 nitrogen and oxygen atoms in total. The molecule has 14 heavy (non-hydrogen) atoms. The number of rotatable bonds is 1. The molecule has 0 N–H and O–H groups in total. The van der Waals surface area contributed by atoms with Crippen molar-refractivity contribution in [3.63, 3.8) is 0 Å². The van der Waals surface area contributed by atoms with Crippen LogP contribution >= 0.6 is 11.6 Å². The molecule has 0 saturated heterocycles. The van der Waals surface area contributed by atoms with Gasteiger partial charge in [-0.3, -0.25) is 0 Å². The summed E-state index contributed by atoms with van der Waals surface area (Å²) >= 11 is 5.59. The van der Waals surface area contributed by atoms with E-state index >= 15 is 0 Å². The van der Waals surface area contributed by atoms with Crippen LogP contribution in [0.15, 0.2) is 12.1 Å². The van der Waals surface area contributed by atoms with Gasteiger partial charge in [-0.1, -0.05) is 6.07 Å². The molecule has 4 heteroatoms. The maximum absolute atomic E-state index is 12.5. The third-order valence-electron chi connectivity index (χ3n) is 2.27. The molecule has 0 unspecified atom stereocenters. The zero-order valence-electron chi connectivity index (χ0n) is 7.87. The fraction of sp³-hybridized carbons (Fsp3) is 0.400. The first-order valence-corrected chi connectivity index (χ1v) is 4.63. The van der Waals surface area contributed by atoms with Gasteiger partial charge in [0.1, 0.15) is 0 Å². The van der Waals surface area contributed by atoms with E-state index < -0.39 is 11.7 Å². The van der Waals surface area contributed by atoms with E-state index in [0.717, 1.165) is 11.6 Å². The van der Waals surface area contributed by atoms with Crippen LogP contribution in [0.4, 0.5) is 13.2 Å². The first-order valence-electron chi connectivity index (χ1n) is 4.10. The van der Waals surface area contributed by atoms with Gasteiger partial charge in [-0.15, -0.1) is 11.6 Å². The number of aryl methyl sites for hydroxylation is 1. The van der Waals surface area contributed by atoms with Crippen LogP contribution in [0.2, 0.25) is 0 Å². The Morgan fingerprint density at radius 3 is 2.21 bits per heavy atom. The van der Waals surface area contributed by atoms with Gasteiger partial charge >= 0.3 is 6.18 Å². The van der Waals surface area contributed by atoms with E-state index in [4.69, 9.17) is 11.6 Å². The second-order valence-corrected chi connectivity index (χ2v) is 3.43.